The minimum absolute atomic E-state index is 0.0546. The van der Waals surface area contributed by atoms with Crippen LogP contribution < -0.4 is 5.32 Å². The Hall–Kier alpha value is -3.95. The molecule has 0 fully saturated rings. The van der Waals surface area contributed by atoms with Crippen molar-refractivity contribution < 1.29 is 33.5 Å². The summed E-state index contributed by atoms with van der Waals surface area (Å²) in [6.07, 6.45) is 0. The van der Waals surface area contributed by atoms with Gasteiger partial charge in [0.05, 0.1) is 26.9 Å². The first kappa shape index (κ1) is 23.3. The van der Waals surface area contributed by atoms with Crippen LogP contribution in [0.2, 0.25) is 0 Å². The number of carbonyl (C=O) groups excluding carboxylic acids is 3. The summed E-state index contributed by atoms with van der Waals surface area (Å²) in [4.78, 5) is 48.9. The van der Waals surface area contributed by atoms with E-state index in [1.807, 2.05) is 0 Å². The summed E-state index contributed by atoms with van der Waals surface area (Å²) in [6, 6.07) is 14.0. The fraction of sp³-hybridized carbons (Fsp3) is 0.286. The highest BCUT2D eigenvalue weighted by Gasteiger charge is 2.55. The molecule has 2 aromatic carbocycles. The molecule has 0 unspecified atom stereocenters. The summed E-state index contributed by atoms with van der Waals surface area (Å²) in [5, 5.41) is 14.3. The molecule has 0 aromatic heterocycles. The Kier molecular flexibility index (Phi) is 7.67. The van der Waals surface area contributed by atoms with Crippen molar-refractivity contribution in [2.75, 3.05) is 33.2 Å². The number of anilines is 1. The number of para-hydroxylation sites is 1. The Morgan fingerprint density at radius 2 is 1.58 bits per heavy atom. The lowest BCUT2D eigenvalue weighted by atomic mass is 9.77. The summed E-state index contributed by atoms with van der Waals surface area (Å²) in [7, 11) is 3.34. The molecule has 0 radical (unpaired) electrons. The van der Waals surface area contributed by atoms with Crippen molar-refractivity contribution in [2.45, 2.75) is 5.54 Å². The molecule has 2 rings (SSSR count). The van der Waals surface area contributed by atoms with Gasteiger partial charge in [0, 0.05) is 10.6 Å². The Balaban J connectivity index is 2.84. The molecule has 2 atom stereocenters. The van der Waals surface area contributed by atoms with Crippen LogP contribution in [0.5, 0.6) is 0 Å². The number of nitrogens with zero attached hydrogens (tertiary/aromatic N) is 1. The van der Waals surface area contributed by atoms with Gasteiger partial charge in [0.2, 0.25) is 6.54 Å². The van der Waals surface area contributed by atoms with E-state index in [0.717, 1.165) is 14.2 Å². The molecule has 31 heavy (non-hydrogen) atoms. The van der Waals surface area contributed by atoms with Gasteiger partial charge in [0.15, 0.2) is 11.5 Å². The Morgan fingerprint density at radius 1 is 0.968 bits per heavy atom. The second kappa shape index (κ2) is 10.2. The second-order valence-corrected chi connectivity index (χ2v) is 6.42. The predicted molar refractivity (Wildman–Crippen MR) is 109 cm³/mol. The molecule has 10 nitrogen and oxygen atoms in total. The minimum atomic E-state index is -2.08. The molecule has 0 saturated heterocycles. The van der Waals surface area contributed by atoms with Crippen LogP contribution in [0.3, 0.4) is 0 Å². The summed E-state index contributed by atoms with van der Waals surface area (Å²) >= 11 is 0. The van der Waals surface area contributed by atoms with Gasteiger partial charge in [-0.15, -0.1) is 0 Å². The Morgan fingerprint density at radius 3 is 2.13 bits per heavy atom. The third-order valence-electron chi connectivity index (χ3n) is 4.74. The van der Waals surface area contributed by atoms with Gasteiger partial charge in [-0.3, -0.25) is 14.9 Å². The third-order valence-corrected chi connectivity index (χ3v) is 4.74. The largest absolute Gasteiger partial charge is 0.469 e. The van der Waals surface area contributed by atoms with E-state index in [4.69, 9.17) is 14.2 Å². The average molecular weight is 430 g/mol. The molecule has 10 heteroatoms. The van der Waals surface area contributed by atoms with E-state index in [1.165, 1.54) is 31.4 Å². The van der Waals surface area contributed by atoms with Gasteiger partial charge < -0.3 is 19.5 Å². The number of nitrogens with one attached hydrogen (secondary N) is 1. The summed E-state index contributed by atoms with van der Waals surface area (Å²) in [5.74, 6) is -4.32. The summed E-state index contributed by atoms with van der Waals surface area (Å²) < 4.78 is 14.6. The number of esters is 3. The molecule has 164 valence electrons. The van der Waals surface area contributed by atoms with Crippen LogP contribution in [0.25, 0.3) is 0 Å². The first-order valence-corrected chi connectivity index (χ1v) is 9.10. The zero-order valence-corrected chi connectivity index (χ0v) is 17.2. The molecule has 0 spiro atoms. The number of rotatable bonds is 9. The minimum Gasteiger partial charge on any atom is -0.469 e. The second-order valence-electron chi connectivity index (χ2n) is 6.42. The number of benzene rings is 2. The SMILES string of the molecule is COC(=O)c1ccccc1N[C@@](C(=O)OC)(c1ccccc1)[C@@H](C[N+](=O)[O-])C(=O)OC. The van der Waals surface area contributed by atoms with E-state index in [-0.39, 0.29) is 16.8 Å². The van der Waals surface area contributed by atoms with Crippen LogP contribution in [0.4, 0.5) is 5.69 Å². The molecule has 0 amide bonds. The summed E-state index contributed by atoms with van der Waals surface area (Å²) in [5.41, 5.74) is -1.71. The van der Waals surface area contributed by atoms with Crippen molar-refractivity contribution >= 4 is 23.6 Å². The maximum absolute atomic E-state index is 13.2. The van der Waals surface area contributed by atoms with Crippen molar-refractivity contribution in [3.63, 3.8) is 0 Å². The average Bonchev–Trinajstić information content (AvgIpc) is 2.80. The van der Waals surface area contributed by atoms with E-state index >= 15 is 0 Å². The van der Waals surface area contributed by atoms with Gasteiger partial charge in [0.1, 0.15) is 0 Å². The highest BCUT2D eigenvalue weighted by Crippen LogP contribution is 2.37. The lowest BCUT2D eigenvalue weighted by Gasteiger charge is -2.37. The van der Waals surface area contributed by atoms with Gasteiger partial charge in [-0.05, 0) is 17.7 Å². The van der Waals surface area contributed by atoms with Gasteiger partial charge in [-0.2, -0.15) is 0 Å². The Bertz CT molecular complexity index is 963. The molecule has 0 bridgehead atoms. The van der Waals surface area contributed by atoms with E-state index in [2.05, 4.69) is 5.32 Å². The molecule has 0 aliphatic rings. The van der Waals surface area contributed by atoms with Gasteiger partial charge in [-0.1, -0.05) is 42.5 Å². The molecule has 0 heterocycles. The molecular weight excluding hydrogens is 408 g/mol. The fourth-order valence-electron chi connectivity index (χ4n) is 3.31. The smallest absolute Gasteiger partial charge is 0.339 e. The molecule has 1 N–H and O–H groups in total. The molecule has 0 saturated carbocycles. The van der Waals surface area contributed by atoms with Crippen LogP contribution in [0.1, 0.15) is 15.9 Å². The first-order chi connectivity index (χ1) is 14.8. The zero-order chi connectivity index (χ0) is 23.0. The highest BCUT2D eigenvalue weighted by molar-refractivity contribution is 5.98. The van der Waals surface area contributed by atoms with Crippen molar-refractivity contribution in [3.05, 3.63) is 75.8 Å². The number of nitro groups is 1. The third kappa shape index (κ3) is 4.80. The maximum atomic E-state index is 13.2. The van der Waals surface area contributed by atoms with Gasteiger partial charge in [0.25, 0.3) is 0 Å². The monoisotopic (exact) mass is 430 g/mol. The van der Waals surface area contributed by atoms with E-state index in [0.29, 0.717) is 0 Å². The van der Waals surface area contributed by atoms with Crippen molar-refractivity contribution in [3.8, 4) is 0 Å². The predicted octanol–water partition coefficient (Wildman–Crippen LogP) is 2.02. The van der Waals surface area contributed by atoms with Gasteiger partial charge in [-0.25, -0.2) is 9.59 Å². The van der Waals surface area contributed by atoms with E-state index in [1.54, 1.807) is 30.3 Å². The van der Waals surface area contributed by atoms with Gasteiger partial charge >= 0.3 is 17.9 Å². The van der Waals surface area contributed by atoms with E-state index < -0.39 is 40.8 Å². The van der Waals surface area contributed by atoms with Crippen molar-refractivity contribution in [1.29, 1.82) is 0 Å². The summed E-state index contributed by atoms with van der Waals surface area (Å²) in [6.45, 7) is -0.940. The van der Waals surface area contributed by atoms with Crippen molar-refractivity contribution in [1.82, 2.24) is 0 Å². The topological polar surface area (TPSA) is 134 Å². The quantitative estimate of drug-likeness (QED) is 0.274. The number of hydrogen-bond acceptors (Lipinski definition) is 9. The van der Waals surface area contributed by atoms with E-state index in [9.17, 15) is 24.5 Å². The van der Waals surface area contributed by atoms with Crippen LogP contribution in [-0.2, 0) is 29.3 Å². The van der Waals surface area contributed by atoms with Crippen LogP contribution in [0, 0.1) is 16.0 Å². The normalized spacial score (nSPS) is 13.3. The maximum Gasteiger partial charge on any atom is 0.339 e. The lowest BCUT2D eigenvalue weighted by molar-refractivity contribution is -0.487. The number of ether oxygens (including phenoxy) is 3. The highest BCUT2D eigenvalue weighted by atomic mass is 16.6. The van der Waals surface area contributed by atoms with Crippen LogP contribution in [0.15, 0.2) is 54.6 Å². The lowest BCUT2D eigenvalue weighted by Crippen LogP contribution is -2.55. The number of methoxy groups -OCH3 is 3. The van der Waals surface area contributed by atoms with Crippen molar-refractivity contribution in [2.24, 2.45) is 5.92 Å². The standard InChI is InChI=1S/C21H22N2O8/c1-29-18(24)15-11-7-8-12-17(15)22-21(20(26)31-3,14-9-5-4-6-10-14)16(13-23(27)28)19(25)30-2/h4-12,16,22H,13H2,1-3H3/t16-,21-/m0/s1. The molecule has 0 aliphatic heterocycles. The number of carbonyl (C=O) groups is 3. The first-order valence-electron chi connectivity index (χ1n) is 9.10. The van der Waals surface area contributed by atoms with Crippen LogP contribution in [-0.4, -0.2) is 50.7 Å². The fourth-order valence-corrected chi connectivity index (χ4v) is 3.31. The Labute approximate surface area is 178 Å². The molecule has 0 aliphatic carbocycles. The zero-order valence-electron chi connectivity index (χ0n) is 17.2. The van der Waals surface area contributed by atoms with Crippen LogP contribution >= 0.6 is 0 Å². The molecule has 2 aromatic rings. The number of hydrogen-bond donors (Lipinski definition) is 1. The molecular formula is C21H22N2O8.